The quantitative estimate of drug-likeness (QED) is 0.379. The molecule has 0 unspecified atom stereocenters. The summed E-state index contributed by atoms with van der Waals surface area (Å²) in [7, 11) is 3.66. The first kappa shape index (κ1) is 21.3. The Morgan fingerprint density at radius 3 is 2.48 bits per heavy atom. The molecule has 1 aromatic heterocycles. The molecule has 0 aliphatic carbocycles. The molecule has 0 saturated carbocycles. The fourth-order valence-corrected chi connectivity index (χ4v) is 3.33. The highest BCUT2D eigenvalue weighted by atomic mass is 16.5. The molecule has 2 N–H and O–H groups in total. The number of hydrogen-bond donors (Lipinski definition) is 2. The zero-order valence-electron chi connectivity index (χ0n) is 17.8. The molecule has 1 saturated heterocycles. The highest BCUT2D eigenvalue weighted by Gasteiger charge is 2.11. The Morgan fingerprint density at radius 2 is 1.83 bits per heavy atom. The third-order valence-corrected chi connectivity index (χ3v) is 5.24. The van der Waals surface area contributed by atoms with Crippen LogP contribution in [0.5, 0.6) is 0 Å². The molecular weight excluding hydrogens is 366 g/mol. The van der Waals surface area contributed by atoms with Crippen molar-refractivity contribution in [1.82, 2.24) is 30.3 Å². The fourth-order valence-electron chi connectivity index (χ4n) is 3.33. The van der Waals surface area contributed by atoms with Crippen molar-refractivity contribution in [3.8, 4) is 0 Å². The molecule has 0 spiro atoms. The second-order valence-electron chi connectivity index (χ2n) is 7.46. The van der Waals surface area contributed by atoms with Crippen molar-refractivity contribution in [2.24, 2.45) is 12.0 Å². The smallest absolute Gasteiger partial charge is 0.192 e. The van der Waals surface area contributed by atoms with Gasteiger partial charge in [0.25, 0.3) is 0 Å². The molecule has 1 aliphatic heterocycles. The summed E-state index contributed by atoms with van der Waals surface area (Å²) in [5.74, 6) is 2.50. The van der Waals surface area contributed by atoms with Crippen molar-refractivity contribution < 1.29 is 4.74 Å². The molecule has 8 nitrogen and oxygen atoms in total. The molecule has 0 amide bonds. The molecule has 2 aromatic rings. The maximum absolute atomic E-state index is 5.13. The monoisotopic (exact) mass is 399 g/mol. The van der Waals surface area contributed by atoms with E-state index in [9.17, 15) is 0 Å². The number of benzene rings is 1. The molecule has 1 fully saturated rings. The number of aryl methyl sites for hydroxylation is 1. The first-order chi connectivity index (χ1) is 14.2. The van der Waals surface area contributed by atoms with Gasteiger partial charge in [0.1, 0.15) is 5.82 Å². The van der Waals surface area contributed by atoms with Crippen LogP contribution in [-0.2, 0) is 31.4 Å². The number of hydrogen-bond acceptors (Lipinski definition) is 5. The van der Waals surface area contributed by atoms with Gasteiger partial charge in [-0.3, -0.25) is 4.90 Å². The third-order valence-electron chi connectivity index (χ3n) is 5.24. The van der Waals surface area contributed by atoms with E-state index in [0.717, 1.165) is 24.2 Å². The van der Waals surface area contributed by atoms with E-state index >= 15 is 0 Å². The minimum atomic E-state index is 0.560. The lowest BCUT2D eigenvalue weighted by Crippen LogP contribution is -2.39. The number of ether oxygens (including phenoxy) is 1. The summed E-state index contributed by atoms with van der Waals surface area (Å²) in [6, 6.07) is 8.79. The van der Waals surface area contributed by atoms with Gasteiger partial charge >= 0.3 is 0 Å². The Morgan fingerprint density at radius 1 is 1.10 bits per heavy atom. The summed E-state index contributed by atoms with van der Waals surface area (Å²) in [5, 5.41) is 14.9. The van der Waals surface area contributed by atoms with Gasteiger partial charge in [0, 0.05) is 27.2 Å². The number of aromatic nitrogens is 3. The van der Waals surface area contributed by atoms with Gasteiger partial charge in [0.05, 0.1) is 19.7 Å². The number of nitrogens with one attached hydrogen (secondary N) is 2. The van der Waals surface area contributed by atoms with E-state index in [1.165, 1.54) is 37.1 Å². The van der Waals surface area contributed by atoms with Crippen molar-refractivity contribution in [3.05, 3.63) is 47.0 Å². The topological polar surface area (TPSA) is 79.6 Å². The van der Waals surface area contributed by atoms with Crippen LogP contribution in [0, 0.1) is 6.92 Å². The van der Waals surface area contributed by atoms with E-state index < -0.39 is 0 Å². The predicted molar refractivity (Wildman–Crippen MR) is 115 cm³/mol. The lowest BCUT2D eigenvalue weighted by molar-refractivity contribution is 0.203. The van der Waals surface area contributed by atoms with E-state index in [2.05, 4.69) is 50.0 Å². The third kappa shape index (κ3) is 6.54. The molecule has 0 atom stereocenters. The largest absolute Gasteiger partial charge is 0.383 e. The second-order valence-corrected chi connectivity index (χ2v) is 7.46. The van der Waals surface area contributed by atoms with Crippen molar-refractivity contribution in [2.45, 2.75) is 39.4 Å². The van der Waals surface area contributed by atoms with Crippen LogP contribution in [-0.4, -0.2) is 59.0 Å². The Labute approximate surface area is 173 Å². The highest BCUT2D eigenvalue weighted by molar-refractivity contribution is 5.79. The average Bonchev–Trinajstić information content (AvgIpc) is 3.35. The molecule has 8 heteroatoms. The molecule has 29 heavy (non-hydrogen) atoms. The number of rotatable bonds is 9. The summed E-state index contributed by atoms with van der Waals surface area (Å²) in [6.07, 6.45) is 2.65. The van der Waals surface area contributed by atoms with Crippen LogP contribution in [0.1, 0.15) is 35.6 Å². The SMILES string of the molecule is COCCNC(=NCc1ccc(CN2CCCC2)cc1)NCc1nnc(C)n1C. The zero-order chi connectivity index (χ0) is 20.5. The second kappa shape index (κ2) is 10.9. The van der Waals surface area contributed by atoms with Gasteiger partial charge in [0.2, 0.25) is 0 Å². The number of nitrogens with zero attached hydrogens (tertiary/aromatic N) is 5. The van der Waals surface area contributed by atoms with E-state index in [-0.39, 0.29) is 0 Å². The molecular formula is C21H33N7O. The summed E-state index contributed by atoms with van der Waals surface area (Å²) >= 11 is 0. The van der Waals surface area contributed by atoms with Crippen LogP contribution in [0.4, 0.5) is 0 Å². The summed E-state index contributed by atoms with van der Waals surface area (Å²) < 4.78 is 7.10. The lowest BCUT2D eigenvalue weighted by Gasteiger charge is -2.15. The molecule has 3 rings (SSSR count). The van der Waals surface area contributed by atoms with Crippen molar-refractivity contribution in [2.75, 3.05) is 33.4 Å². The Balaban J connectivity index is 1.56. The number of guanidine groups is 1. The molecule has 1 aromatic carbocycles. The number of methoxy groups -OCH3 is 1. The normalized spacial score (nSPS) is 15.1. The van der Waals surface area contributed by atoms with Crippen LogP contribution in [0.25, 0.3) is 0 Å². The van der Waals surface area contributed by atoms with Crippen LogP contribution in [0.3, 0.4) is 0 Å². The molecule has 158 valence electrons. The standard InChI is InChI=1S/C21H33N7O/c1-17-25-26-20(27(17)2)15-24-21(22-10-13-29-3)23-14-18-6-8-19(9-7-18)16-28-11-4-5-12-28/h6-9H,4-5,10-16H2,1-3H3,(H2,22,23,24). The minimum absolute atomic E-state index is 0.560. The molecule has 1 aliphatic rings. The summed E-state index contributed by atoms with van der Waals surface area (Å²) in [4.78, 5) is 7.24. The van der Waals surface area contributed by atoms with Gasteiger partial charge in [-0.2, -0.15) is 0 Å². The first-order valence-electron chi connectivity index (χ1n) is 10.3. The minimum Gasteiger partial charge on any atom is -0.383 e. The van der Waals surface area contributed by atoms with Gasteiger partial charge in [-0.05, 0) is 44.0 Å². The van der Waals surface area contributed by atoms with Crippen LogP contribution in [0.15, 0.2) is 29.3 Å². The maximum Gasteiger partial charge on any atom is 0.192 e. The summed E-state index contributed by atoms with van der Waals surface area (Å²) in [5.41, 5.74) is 2.56. The Hall–Kier alpha value is -2.45. The van der Waals surface area contributed by atoms with Crippen LogP contribution >= 0.6 is 0 Å². The van der Waals surface area contributed by atoms with Gasteiger partial charge in [-0.25, -0.2) is 4.99 Å². The Kier molecular flexibility index (Phi) is 8.01. The van der Waals surface area contributed by atoms with Crippen molar-refractivity contribution in [1.29, 1.82) is 0 Å². The average molecular weight is 400 g/mol. The molecule has 2 heterocycles. The zero-order valence-corrected chi connectivity index (χ0v) is 17.8. The van der Waals surface area contributed by atoms with Gasteiger partial charge in [-0.1, -0.05) is 24.3 Å². The van der Waals surface area contributed by atoms with Crippen molar-refractivity contribution >= 4 is 5.96 Å². The predicted octanol–water partition coefficient (Wildman–Crippen LogP) is 1.60. The maximum atomic E-state index is 5.13. The van der Waals surface area contributed by atoms with Gasteiger partial charge < -0.3 is 19.9 Å². The lowest BCUT2D eigenvalue weighted by atomic mass is 10.1. The van der Waals surface area contributed by atoms with Gasteiger partial charge in [-0.15, -0.1) is 10.2 Å². The summed E-state index contributed by atoms with van der Waals surface area (Å²) in [6.45, 7) is 7.92. The van der Waals surface area contributed by atoms with Crippen LogP contribution in [0.2, 0.25) is 0 Å². The first-order valence-corrected chi connectivity index (χ1v) is 10.3. The molecule has 0 bridgehead atoms. The van der Waals surface area contributed by atoms with Gasteiger partial charge in [0.15, 0.2) is 11.8 Å². The van der Waals surface area contributed by atoms with Crippen LogP contribution < -0.4 is 10.6 Å². The molecule has 0 radical (unpaired) electrons. The number of likely N-dealkylation sites (tertiary alicyclic amines) is 1. The van der Waals surface area contributed by atoms with E-state index in [0.29, 0.717) is 26.2 Å². The van der Waals surface area contributed by atoms with Crippen molar-refractivity contribution in [3.63, 3.8) is 0 Å². The van der Waals surface area contributed by atoms with E-state index in [1.807, 2.05) is 18.5 Å². The number of aliphatic imine (C=N–C) groups is 1. The van der Waals surface area contributed by atoms with E-state index in [4.69, 9.17) is 9.73 Å². The highest BCUT2D eigenvalue weighted by Crippen LogP contribution is 2.13. The van der Waals surface area contributed by atoms with E-state index in [1.54, 1.807) is 7.11 Å². The fraction of sp³-hybridized carbons (Fsp3) is 0.571. The Bertz CT molecular complexity index is 779.